The zero-order valence-corrected chi connectivity index (χ0v) is 15.5. The molecule has 1 aliphatic rings. The van der Waals surface area contributed by atoms with Crippen molar-refractivity contribution in [2.75, 3.05) is 18.2 Å². The normalized spacial score (nSPS) is 15.1. The lowest BCUT2D eigenvalue weighted by molar-refractivity contribution is -0.113. The van der Waals surface area contributed by atoms with Gasteiger partial charge in [0, 0.05) is 5.69 Å². The predicted molar refractivity (Wildman–Crippen MR) is 97.3 cm³/mol. The summed E-state index contributed by atoms with van der Waals surface area (Å²) in [7, 11) is 1.55. The number of nitrogens with one attached hydrogen (secondary N) is 1. The van der Waals surface area contributed by atoms with Crippen LogP contribution in [-0.2, 0) is 4.79 Å². The number of halogens is 1. The number of hydrogen-bond acceptors (Lipinski definition) is 6. The van der Waals surface area contributed by atoms with Crippen molar-refractivity contribution in [2.45, 2.75) is 43.3 Å². The Labute approximate surface area is 155 Å². The fraction of sp³-hybridized carbons (Fsp3) is 0.500. The zero-order chi connectivity index (χ0) is 17.6. The Morgan fingerprint density at radius 3 is 2.92 bits per heavy atom. The van der Waals surface area contributed by atoms with Gasteiger partial charge in [-0.2, -0.15) is 0 Å². The van der Waals surface area contributed by atoms with Crippen molar-refractivity contribution in [3.8, 4) is 5.75 Å². The lowest BCUT2D eigenvalue weighted by atomic mass is 9.96. The van der Waals surface area contributed by atoms with Gasteiger partial charge in [0.2, 0.25) is 11.1 Å². The minimum atomic E-state index is -0.135. The molecule has 0 spiro atoms. The largest absolute Gasteiger partial charge is 0.495 e. The number of carbonyl (C=O) groups excluding carboxylic acids is 1. The van der Waals surface area contributed by atoms with Gasteiger partial charge in [-0.05, 0) is 41.5 Å². The number of carbonyl (C=O) groups is 1. The van der Waals surface area contributed by atoms with Crippen LogP contribution in [0.4, 0.5) is 5.69 Å². The van der Waals surface area contributed by atoms with Crippen LogP contribution in [0.3, 0.4) is 0 Å². The number of benzene rings is 1. The number of anilines is 1. The maximum atomic E-state index is 12.2. The topological polar surface area (TPSA) is 81.9 Å². The number of nitrogens with zero attached hydrogens (tertiary/aromatic N) is 4. The van der Waals surface area contributed by atoms with Crippen molar-refractivity contribution in [3.63, 3.8) is 0 Å². The molecule has 0 aliphatic heterocycles. The molecular formula is C16H20ClN5O2S. The highest BCUT2D eigenvalue weighted by atomic mass is 35.5. The van der Waals surface area contributed by atoms with Gasteiger partial charge in [0.1, 0.15) is 5.75 Å². The molecule has 1 aromatic heterocycles. The van der Waals surface area contributed by atoms with Gasteiger partial charge in [0.25, 0.3) is 0 Å². The summed E-state index contributed by atoms with van der Waals surface area (Å²) in [6.07, 6.45) is 5.86. The molecule has 7 nitrogen and oxygen atoms in total. The molecule has 1 saturated carbocycles. The second-order valence-electron chi connectivity index (χ2n) is 5.88. The maximum Gasteiger partial charge on any atom is 0.234 e. The van der Waals surface area contributed by atoms with Crippen molar-refractivity contribution in [1.29, 1.82) is 0 Å². The summed E-state index contributed by atoms with van der Waals surface area (Å²) in [6, 6.07) is 5.47. The smallest absolute Gasteiger partial charge is 0.234 e. The predicted octanol–water partition coefficient (Wildman–Crippen LogP) is 3.57. The van der Waals surface area contributed by atoms with Gasteiger partial charge < -0.3 is 10.1 Å². The van der Waals surface area contributed by atoms with Crippen LogP contribution < -0.4 is 10.1 Å². The Kier molecular flexibility index (Phi) is 6.14. The highest BCUT2D eigenvalue weighted by Crippen LogP contribution is 2.30. The Morgan fingerprint density at radius 1 is 1.40 bits per heavy atom. The highest BCUT2D eigenvalue weighted by molar-refractivity contribution is 7.99. The summed E-state index contributed by atoms with van der Waals surface area (Å²) >= 11 is 7.41. The number of tetrazole rings is 1. The maximum absolute atomic E-state index is 12.2. The number of rotatable bonds is 6. The molecule has 0 bridgehead atoms. The van der Waals surface area contributed by atoms with E-state index < -0.39 is 0 Å². The van der Waals surface area contributed by atoms with Crippen molar-refractivity contribution in [1.82, 2.24) is 20.2 Å². The summed E-state index contributed by atoms with van der Waals surface area (Å²) in [5, 5.41) is 15.9. The zero-order valence-electron chi connectivity index (χ0n) is 13.9. The van der Waals surface area contributed by atoms with E-state index in [4.69, 9.17) is 16.3 Å². The lowest BCUT2D eigenvalue weighted by Gasteiger charge is -2.21. The standard InChI is InChI=1S/C16H20ClN5O2S/c1-24-14-8-7-11(9-13(14)17)18-15(23)10-25-16-19-20-21-22(16)12-5-3-2-4-6-12/h7-9,12H,2-6,10H2,1H3,(H,18,23). The number of amides is 1. The molecule has 0 unspecified atom stereocenters. The van der Waals surface area contributed by atoms with Gasteiger partial charge in [-0.15, -0.1) is 5.10 Å². The van der Waals surface area contributed by atoms with Crippen LogP contribution in [0.5, 0.6) is 5.75 Å². The third-order valence-corrected chi connectivity index (χ3v) is 5.38. The number of hydrogen-bond donors (Lipinski definition) is 1. The molecule has 1 amide bonds. The molecule has 3 rings (SSSR count). The fourth-order valence-electron chi connectivity index (χ4n) is 2.91. The molecule has 1 heterocycles. The minimum absolute atomic E-state index is 0.135. The quantitative estimate of drug-likeness (QED) is 0.770. The molecule has 1 N–H and O–H groups in total. The van der Waals surface area contributed by atoms with Gasteiger partial charge >= 0.3 is 0 Å². The Hall–Kier alpha value is -1.80. The lowest BCUT2D eigenvalue weighted by Crippen LogP contribution is -2.17. The van der Waals surface area contributed by atoms with Crippen molar-refractivity contribution in [2.24, 2.45) is 0 Å². The third kappa shape index (κ3) is 4.64. The van der Waals surface area contributed by atoms with Crippen LogP contribution in [0.1, 0.15) is 38.1 Å². The molecule has 0 saturated heterocycles. The van der Waals surface area contributed by atoms with Crippen LogP contribution in [0, 0.1) is 0 Å². The fourth-order valence-corrected chi connectivity index (χ4v) is 3.91. The van der Waals surface area contributed by atoms with Gasteiger partial charge in [-0.25, -0.2) is 4.68 Å². The highest BCUT2D eigenvalue weighted by Gasteiger charge is 2.20. The summed E-state index contributed by atoms with van der Waals surface area (Å²) in [5.41, 5.74) is 0.628. The van der Waals surface area contributed by atoms with Crippen LogP contribution >= 0.6 is 23.4 Å². The number of thioether (sulfide) groups is 1. The average Bonchev–Trinajstić information content (AvgIpc) is 3.09. The van der Waals surface area contributed by atoms with E-state index in [9.17, 15) is 4.79 Å². The van der Waals surface area contributed by atoms with E-state index in [1.807, 2.05) is 4.68 Å². The van der Waals surface area contributed by atoms with E-state index in [1.54, 1.807) is 25.3 Å². The van der Waals surface area contributed by atoms with Crippen LogP contribution in [-0.4, -0.2) is 39.0 Å². The second kappa shape index (κ2) is 8.53. The molecule has 1 aliphatic carbocycles. The van der Waals surface area contributed by atoms with E-state index in [1.165, 1.54) is 31.0 Å². The average molecular weight is 382 g/mol. The molecule has 0 radical (unpaired) electrons. The van der Waals surface area contributed by atoms with Crippen LogP contribution in [0.15, 0.2) is 23.4 Å². The first-order valence-corrected chi connectivity index (χ1v) is 9.58. The monoisotopic (exact) mass is 381 g/mol. The van der Waals surface area contributed by atoms with Gasteiger partial charge in [-0.3, -0.25) is 4.79 Å². The summed E-state index contributed by atoms with van der Waals surface area (Å²) in [4.78, 5) is 12.2. The van der Waals surface area contributed by atoms with Crippen molar-refractivity contribution in [3.05, 3.63) is 23.2 Å². The molecule has 9 heteroatoms. The molecule has 1 fully saturated rings. The SMILES string of the molecule is COc1ccc(NC(=O)CSc2nnnn2C2CCCCC2)cc1Cl. The number of aromatic nitrogens is 4. The van der Waals surface area contributed by atoms with Gasteiger partial charge in [0.15, 0.2) is 0 Å². The molecule has 134 valence electrons. The van der Waals surface area contributed by atoms with Gasteiger partial charge in [-0.1, -0.05) is 42.6 Å². The molecule has 2 aromatic rings. The molecule has 0 atom stereocenters. The first-order valence-electron chi connectivity index (χ1n) is 8.21. The summed E-state index contributed by atoms with van der Waals surface area (Å²) in [6.45, 7) is 0. The van der Waals surface area contributed by atoms with E-state index in [0.717, 1.165) is 12.8 Å². The molecular weight excluding hydrogens is 362 g/mol. The Morgan fingerprint density at radius 2 is 2.20 bits per heavy atom. The third-order valence-electron chi connectivity index (χ3n) is 4.15. The second-order valence-corrected chi connectivity index (χ2v) is 7.23. The minimum Gasteiger partial charge on any atom is -0.495 e. The van der Waals surface area contributed by atoms with Crippen molar-refractivity contribution >= 4 is 35.0 Å². The first kappa shape index (κ1) is 18.0. The van der Waals surface area contributed by atoms with Gasteiger partial charge in [0.05, 0.1) is 23.9 Å². The summed E-state index contributed by atoms with van der Waals surface area (Å²) < 4.78 is 6.96. The van der Waals surface area contributed by atoms with E-state index in [-0.39, 0.29) is 11.7 Å². The van der Waals surface area contributed by atoms with E-state index >= 15 is 0 Å². The first-order chi connectivity index (χ1) is 12.2. The Balaban J connectivity index is 1.56. The number of ether oxygens (including phenoxy) is 1. The van der Waals surface area contributed by atoms with Crippen molar-refractivity contribution < 1.29 is 9.53 Å². The summed E-state index contributed by atoms with van der Waals surface area (Å²) in [5.74, 6) is 0.668. The van der Waals surface area contributed by atoms with Crippen LogP contribution in [0.2, 0.25) is 5.02 Å². The van der Waals surface area contributed by atoms with Crippen LogP contribution in [0.25, 0.3) is 0 Å². The Bertz CT molecular complexity index is 733. The van der Waals surface area contributed by atoms with E-state index in [0.29, 0.717) is 27.7 Å². The molecule has 25 heavy (non-hydrogen) atoms. The molecule has 1 aromatic carbocycles. The number of methoxy groups -OCH3 is 1. The van der Waals surface area contributed by atoms with E-state index in [2.05, 4.69) is 20.8 Å².